The first kappa shape index (κ1) is 10.8. The predicted molar refractivity (Wildman–Crippen MR) is 61.8 cm³/mol. The molecule has 16 heavy (non-hydrogen) atoms. The van der Waals surface area contributed by atoms with Crippen LogP contribution in [0, 0.1) is 13.8 Å². The number of hydrogen-bond donors (Lipinski definition) is 1. The van der Waals surface area contributed by atoms with Gasteiger partial charge in [0.1, 0.15) is 5.69 Å². The van der Waals surface area contributed by atoms with E-state index in [1.165, 1.54) is 5.56 Å². The molecule has 0 fully saturated rings. The van der Waals surface area contributed by atoms with Crippen molar-refractivity contribution in [2.75, 3.05) is 0 Å². The Morgan fingerprint density at radius 3 is 2.69 bits per heavy atom. The summed E-state index contributed by atoms with van der Waals surface area (Å²) in [6, 6.07) is 5.75. The quantitative estimate of drug-likeness (QED) is 0.867. The summed E-state index contributed by atoms with van der Waals surface area (Å²) in [5.41, 5.74) is 3.53. The topological polar surface area (TPSA) is 63.1 Å². The summed E-state index contributed by atoms with van der Waals surface area (Å²) in [4.78, 5) is 11.1. The molecule has 0 amide bonds. The zero-order valence-corrected chi connectivity index (χ0v) is 9.71. The number of aromatic nitrogens is 2. The van der Waals surface area contributed by atoms with Crippen LogP contribution in [0.25, 0.3) is 11.3 Å². The summed E-state index contributed by atoms with van der Waals surface area (Å²) in [5, 5.41) is 12.8. The van der Waals surface area contributed by atoms with E-state index in [0.29, 0.717) is 5.69 Å². The molecular formula is C11H10N2O2S. The summed E-state index contributed by atoms with van der Waals surface area (Å²) >= 11 is 0.902. The molecular weight excluding hydrogens is 224 g/mol. The van der Waals surface area contributed by atoms with Crippen molar-refractivity contribution in [3.63, 3.8) is 0 Å². The first-order valence-corrected chi connectivity index (χ1v) is 5.50. The predicted octanol–water partition coefficient (Wildman–Crippen LogP) is 2.52. The largest absolute Gasteiger partial charge is 0.477 e. The van der Waals surface area contributed by atoms with E-state index in [-0.39, 0.29) is 4.88 Å². The standard InChI is InChI=1S/C11H10N2O2S/c1-6-3-4-8(5-7(6)2)9-10(11(14)15)16-13-12-9/h3-5H,1-2H3,(H,14,15). The van der Waals surface area contributed by atoms with Gasteiger partial charge in [0, 0.05) is 5.56 Å². The third kappa shape index (κ3) is 1.81. The molecule has 2 rings (SSSR count). The van der Waals surface area contributed by atoms with E-state index in [9.17, 15) is 4.79 Å². The zero-order chi connectivity index (χ0) is 11.7. The Kier molecular flexibility index (Phi) is 2.70. The number of hydrogen-bond acceptors (Lipinski definition) is 4. The van der Waals surface area contributed by atoms with E-state index in [4.69, 9.17) is 5.11 Å². The van der Waals surface area contributed by atoms with Gasteiger partial charge in [0.2, 0.25) is 0 Å². The summed E-state index contributed by atoms with van der Waals surface area (Å²) in [6.45, 7) is 4.00. The number of nitrogens with zero attached hydrogens (tertiary/aromatic N) is 2. The highest BCUT2D eigenvalue weighted by Crippen LogP contribution is 2.25. The van der Waals surface area contributed by atoms with Crippen molar-refractivity contribution in [1.29, 1.82) is 0 Å². The molecule has 0 aliphatic carbocycles. The van der Waals surface area contributed by atoms with Crippen LogP contribution in [0.4, 0.5) is 0 Å². The molecule has 4 nitrogen and oxygen atoms in total. The summed E-state index contributed by atoms with van der Waals surface area (Å²) in [7, 11) is 0. The second kappa shape index (κ2) is 4.02. The minimum Gasteiger partial charge on any atom is -0.477 e. The summed E-state index contributed by atoms with van der Waals surface area (Å²) < 4.78 is 3.68. The van der Waals surface area contributed by atoms with Gasteiger partial charge in [0.05, 0.1) is 0 Å². The van der Waals surface area contributed by atoms with E-state index in [2.05, 4.69) is 9.59 Å². The zero-order valence-electron chi connectivity index (χ0n) is 8.89. The molecule has 0 saturated carbocycles. The maximum absolute atomic E-state index is 10.9. The molecule has 1 N–H and O–H groups in total. The number of carbonyl (C=O) groups is 1. The molecule has 0 saturated heterocycles. The van der Waals surface area contributed by atoms with Crippen LogP contribution >= 0.6 is 11.5 Å². The van der Waals surface area contributed by atoms with Crippen molar-refractivity contribution >= 4 is 17.5 Å². The molecule has 2 aromatic rings. The average Bonchev–Trinajstić information content (AvgIpc) is 2.71. The van der Waals surface area contributed by atoms with Crippen LogP contribution in [-0.4, -0.2) is 20.7 Å². The van der Waals surface area contributed by atoms with Crippen LogP contribution in [0.1, 0.15) is 20.8 Å². The van der Waals surface area contributed by atoms with Gasteiger partial charge in [0.15, 0.2) is 4.88 Å². The normalized spacial score (nSPS) is 10.4. The number of benzene rings is 1. The summed E-state index contributed by atoms with van der Waals surface area (Å²) in [5.74, 6) is -0.983. The lowest BCUT2D eigenvalue weighted by atomic mass is 10.0. The van der Waals surface area contributed by atoms with Crippen molar-refractivity contribution in [3.05, 3.63) is 34.2 Å². The van der Waals surface area contributed by atoms with E-state index in [1.807, 2.05) is 32.0 Å². The smallest absolute Gasteiger partial charge is 0.349 e. The van der Waals surface area contributed by atoms with E-state index in [1.54, 1.807) is 0 Å². The fourth-order valence-electron chi connectivity index (χ4n) is 1.41. The van der Waals surface area contributed by atoms with Gasteiger partial charge in [-0.05, 0) is 42.6 Å². The SMILES string of the molecule is Cc1ccc(-c2nnsc2C(=O)O)cc1C. The Hall–Kier alpha value is -1.75. The number of aromatic carboxylic acids is 1. The van der Waals surface area contributed by atoms with Crippen LogP contribution in [0.3, 0.4) is 0 Å². The minimum atomic E-state index is -0.983. The van der Waals surface area contributed by atoms with E-state index < -0.39 is 5.97 Å². The fourth-order valence-corrected chi connectivity index (χ4v) is 1.94. The molecule has 0 atom stereocenters. The van der Waals surface area contributed by atoms with Gasteiger partial charge in [-0.3, -0.25) is 0 Å². The third-order valence-corrected chi connectivity index (χ3v) is 3.18. The van der Waals surface area contributed by atoms with Gasteiger partial charge < -0.3 is 5.11 Å². The molecule has 0 spiro atoms. The molecule has 1 aromatic heterocycles. The lowest BCUT2D eigenvalue weighted by Crippen LogP contribution is -1.96. The molecule has 0 radical (unpaired) electrons. The number of aryl methyl sites for hydroxylation is 2. The maximum atomic E-state index is 10.9. The van der Waals surface area contributed by atoms with Crippen molar-refractivity contribution in [1.82, 2.24) is 9.59 Å². The average molecular weight is 234 g/mol. The molecule has 0 aliphatic heterocycles. The Labute approximate surface area is 96.7 Å². The number of rotatable bonds is 2. The second-order valence-electron chi connectivity index (χ2n) is 3.55. The highest BCUT2D eigenvalue weighted by Gasteiger charge is 2.16. The third-order valence-electron chi connectivity index (χ3n) is 2.46. The molecule has 0 unspecified atom stereocenters. The minimum absolute atomic E-state index is 0.184. The van der Waals surface area contributed by atoms with E-state index in [0.717, 1.165) is 22.7 Å². The number of carboxylic acid groups (broad SMARTS) is 1. The number of carboxylic acids is 1. The fraction of sp³-hybridized carbons (Fsp3) is 0.182. The van der Waals surface area contributed by atoms with Gasteiger partial charge in [-0.25, -0.2) is 4.79 Å². The van der Waals surface area contributed by atoms with Crippen LogP contribution in [0.15, 0.2) is 18.2 Å². The Morgan fingerprint density at radius 2 is 2.06 bits per heavy atom. The lowest BCUT2D eigenvalue weighted by molar-refractivity contribution is 0.0702. The highest BCUT2D eigenvalue weighted by molar-refractivity contribution is 7.08. The van der Waals surface area contributed by atoms with Gasteiger partial charge in [-0.15, -0.1) is 5.10 Å². The molecule has 0 bridgehead atoms. The van der Waals surface area contributed by atoms with Crippen LogP contribution in [-0.2, 0) is 0 Å². The van der Waals surface area contributed by atoms with Gasteiger partial charge in [-0.1, -0.05) is 16.6 Å². The van der Waals surface area contributed by atoms with Crippen molar-refractivity contribution in [2.45, 2.75) is 13.8 Å². The first-order chi connectivity index (χ1) is 7.59. The molecule has 0 aliphatic rings. The van der Waals surface area contributed by atoms with Crippen molar-refractivity contribution < 1.29 is 9.90 Å². The molecule has 1 aromatic carbocycles. The Bertz CT molecular complexity index is 549. The summed E-state index contributed by atoms with van der Waals surface area (Å²) in [6.07, 6.45) is 0. The maximum Gasteiger partial charge on any atom is 0.349 e. The van der Waals surface area contributed by atoms with Gasteiger partial charge in [0.25, 0.3) is 0 Å². The molecule has 82 valence electrons. The molecule has 1 heterocycles. The van der Waals surface area contributed by atoms with Crippen LogP contribution < -0.4 is 0 Å². The van der Waals surface area contributed by atoms with Crippen LogP contribution in [0.2, 0.25) is 0 Å². The van der Waals surface area contributed by atoms with Crippen molar-refractivity contribution in [2.24, 2.45) is 0 Å². The van der Waals surface area contributed by atoms with Crippen molar-refractivity contribution in [3.8, 4) is 11.3 Å². The molecule has 5 heteroatoms. The van der Waals surface area contributed by atoms with E-state index >= 15 is 0 Å². The highest BCUT2D eigenvalue weighted by atomic mass is 32.1. The lowest BCUT2D eigenvalue weighted by Gasteiger charge is -2.02. The van der Waals surface area contributed by atoms with Gasteiger partial charge >= 0.3 is 5.97 Å². The van der Waals surface area contributed by atoms with Crippen LogP contribution in [0.5, 0.6) is 0 Å². The Morgan fingerprint density at radius 1 is 1.31 bits per heavy atom. The Balaban J connectivity index is 2.54. The first-order valence-electron chi connectivity index (χ1n) is 4.73. The second-order valence-corrected chi connectivity index (χ2v) is 4.31. The van der Waals surface area contributed by atoms with Gasteiger partial charge in [-0.2, -0.15) is 0 Å². The monoisotopic (exact) mass is 234 g/mol.